The zero-order chi connectivity index (χ0) is 15.3. The zero-order valence-corrected chi connectivity index (χ0v) is 12.1. The van der Waals surface area contributed by atoms with Crippen LogP contribution in [0.4, 0.5) is 0 Å². The zero-order valence-electron chi connectivity index (χ0n) is 10.6. The highest BCUT2D eigenvalue weighted by atomic mass is 35.5. The molecule has 0 saturated carbocycles. The Hall–Kier alpha value is -1.56. The van der Waals surface area contributed by atoms with Crippen molar-refractivity contribution in [3.05, 3.63) is 39.9 Å². The van der Waals surface area contributed by atoms with Gasteiger partial charge in [-0.2, -0.15) is 0 Å². The second-order valence-electron chi connectivity index (χ2n) is 4.33. The van der Waals surface area contributed by atoms with E-state index in [0.29, 0.717) is 15.6 Å². The highest BCUT2D eigenvalue weighted by Crippen LogP contribution is 2.19. The third-order valence-corrected chi connectivity index (χ3v) is 2.82. The molecule has 0 heterocycles. The summed E-state index contributed by atoms with van der Waals surface area (Å²) in [6.07, 6.45) is 2.67. The van der Waals surface area contributed by atoms with Crippen LogP contribution in [0.2, 0.25) is 10.0 Å². The standard InChI is InChI=1S/C13H13Cl2NO4/c1-13(20,12(18)19)7-16-11(17)3-2-8-4-9(14)6-10(15)5-8/h2-6,20H,7H2,1H3,(H,16,17)(H,18,19). The summed E-state index contributed by atoms with van der Waals surface area (Å²) in [6, 6.07) is 4.79. The van der Waals surface area contributed by atoms with Crippen LogP contribution in [0.25, 0.3) is 6.08 Å². The molecule has 0 radical (unpaired) electrons. The summed E-state index contributed by atoms with van der Waals surface area (Å²) >= 11 is 11.6. The number of amides is 1. The number of rotatable bonds is 5. The van der Waals surface area contributed by atoms with Gasteiger partial charge in [-0.3, -0.25) is 4.79 Å². The molecule has 0 aliphatic rings. The molecule has 1 unspecified atom stereocenters. The fourth-order valence-electron chi connectivity index (χ4n) is 1.24. The minimum atomic E-state index is -2.01. The summed E-state index contributed by atoms with van der Waals surface area (Å²) < 4.78 is 0. The van der Waals surface area contributed by atoms with Crippen LogP contribution in [0.15, 0.2) is 24.3 Å². The Bertz CT molecular complexity index is 535. The van der Waals surface area contributed by atoms with Gasteiger partial charge in [0.15, 0.2) is 5.60 Å². The first kappa shape index (κ1) is 16.5. The van der Waals surface area contributed by atoms with E-state index in [1.165, 1.54) is 12.2 Å². The molecule has 20 heavy (non-hydrogen) atoms. The van der Waals surface area contributed by atoms with E-state index in [9.17, 15) is 14.7 Å². The van der Waals surface area contributed by atoms with E-state index in [2.05, 4.69) is 5.32 Å². The fourth-order valence-corrected chi connectivity index (χ4v) is 1.78. The van der Waals surface area contributed by atoms with Crippen molar-refractivity contribution >= 4 is 41.2 Å². The Balaban J connectivity index is 2.62. The van der Waals surface area contributed by atoms with Gasteiger partial charge >= 0.3 is 5.97 Å². The third-order valence-electron chi connectivity index (χ3n) is 2.38. The number of benzene rings is 1. The highest BCUT2D eigenvalue weighted by molar-refractivity contribution is 6.34. The van der Waals surface area contributed by atoms with E-state index < -0.39 is 24.0 Å². The van der Waals surface area contributed by atoms with Crippen molar-refractivity contribution in [1.29, 1.82) is 0 Å². The van der Waals surface area contributed by atoms with E-state index in [1.54, 1.807) is 18.2 Å². The van der Waals surface area contributed by atoms with Crippen molar-refractivity contribution in [3.63, 3.8) is 0 Å². The summed E-state index contributed by atoms with van der Waals surface area (Å²) in [7, 11) is 0. The van der Waals surface area contributed by atoms with Gasteiger partial charge in [0.05, 0.1) is 6.54 Å². The molecule has 0 saturated heterocycles. The Morgan fingerprint density at radius 1 is 1.30 bits per heavy atom. The topological polar surface area (TPSA) is 86.6 Å². The van der Waals surface area contributed by atoms with Crippen LogP contribution in [-0.4, -0.2) is 34.2 Å². The summed E-state index contributed by atoms with van der Waals surface area (Å²) in [4.78, 5) is 22.1. The number of halogens is 2. The Morgan fingerprint density at radius 2 is 1.85 bits per heavy atom. The van der Waals surface area contributed by atoms with Crippen molar-refractivity contribution in [3.8, 4) is 0 Å². The van der Waals surface area contributed by atoms with Crippen LogP contribution in [0.3, 0.4) is 0 Å². The van der Waals surface area contributed by atoms with Crippen LogP contribution >= 0.6 is 23.2 Å². The van der Waals surface area contributed by atoms with Gasteiger partial charge < -0.3 is 15.5 Å². The Labute approximate surface area is 125 Å². The molecular weight excluding hydrogens is 305 g/mol. The first-order valence-corrected chi connectivity index (χ1v) is 6.34. The summed E-state index contributed by atoms with van der Waals surface area (Å²) in [5.74, 6) is -1.95. The monoisotopic (exact) mass is 317 g/mol. The van der Waals surface area contributed by atoms with Gasteiger partial charge in [-0.25, -0.2) is 4.79 Å². The van der Waals surface area contributed by atoms with E-state index >= 15 is 0 Å². The van der Waals surface area contributed by atoms with Crippen LogP contribution in [0.1, 0.15) is 12.5 Å². The lowest BCUT2D eigenvalue weighted by Crippen LogP contribution is -2.46. The van der Waals surface area contributed by atoms with Crippen molar-refractivity contribution in [1.82, 2.24) is 5.32 Å². The van der Waals surface area contributed by atoms with E-state index in [1.807, 2.05) is 0 Å². The van der Waals surface area contributed by atoms with Gasteiger partial charge in [-0.1, -0.05) is 23.2 Å². The number of hydrogen-bond acceptors (Lipinski definition) is 3. The molecule has 5 nitrogen and oxygen atoms in total. The molecule has 0 bridgehead atoms. The van der Waals surface area contributed by atoms with Crippen molar-refractivity contribution in [2.75, 3.05) is 6.54 Å². The molecule has 1 aromatic rings. The largest absolute Gasteiger partial charge is 0.479 e. The van der Waals surface area contributed by atoms with Crippen molar-refractivity contribution < 1.29 is 19.8 Å². The molecule has 1 rings (SSSR count). The van der Waals surface area contributed by atoms with Crippen LogP contribution < -0.4 is 5.32 Å². The average Bonchev–Trinajstić information content (AvgIpc) is 2.32. The minimum absolute atomic E-state index is 0.401. The van der Waals surface area contributed by atoms with Gasteiger partial charge in [0.1, 0.15) is 0 Å². The predicted octanol–water partition coefficient (Wildman–Crippen LogP) is 1.96. The quantitative estimate of drug-likeness (QED) is 0.724. The molecule has 0 aromatic heterocycles. The van der Waals surface area contributed by atoms with Crippen LogP contribution in [0.5, 0.6) is 0 Å². The van der Waals surface area contributed by atoms with Gasteiger partial charge in [-0.15, -0.1) is 0 Å². The molecule has 1 aromatic carbocycles. The molecule has 0 fully saturated rings. The number of hydrogen-bond donors (Lipinski definition) is 3. The van der Waals surface area contributed by atoms with E-state index in [-0.39, 0.29) is 0 Å². The number of carboxylic acid groups (broad SMARTS) is 1. The second kappa shape index (κ2) is 6.74. The molecule has 0 aliphatic heterocycles. The third kappa shape index (κ3) is 5.21. The number of carbonyl (C=O) groups is 2. The van der Waals surface area contributed by atoms with E-state index in [0.717, 1.165) is 6.92 Å². The van der Waals surface area contributed by atoms with Crippen molar-refractivity contribution in [2.45, 2.75) is 12.5 Å². The fraction of sp³-hybridized carbons (Fsp3) is 0.231. The lowest BCUT2D eigenvalue weighted by molar-refractivity contribution is -0.156. The lowest BCUT2D eigenvalue weighted by atomic mass is 10.1. The van der Waals surface area contributed by atoms with Gasteiger partial charge in [0, 0.05) is 16.1 Å². The maximum absolute atomic E-state index is 11.5. The van der Waals surface area contributed by atoms with Crippen LogP contribution in [-0.2, 0) is 9.59 Å². The molecule has 1 atom stereocenters. The number of aliphatic hydroxyl groups is 1. The molecule has 1 amide bonds. The minimum Gasteiger partial charge on any atom is -0.479 e. The highest BCUT2D eigenvalue weighted by Gasteiger charge is 2.29. The number of carboxylic acids is 1. The smallest absolute Gasteiger partial charge is 0.337 e. The molecule has 0 spiro atoms. The average molecular weight is 318 g/mol. The summed E-state index contributed by atoms with van der Waals surface area (Å²) in [6.45, 7) is 0.692. The SMILES string of the molecule is CC(O)(CNC(=O)C=Cc1cc(Cl)cc(Cl)c1)C(=O)O. The maximum Gasteiger partial charge on any atom is 0.337 e. The second-order valence-corrected chi connectivity index (χ2v) is 5.21. The summed E-state index contributed by atoms with van der Waals surface area (Å²) in [5.41, 5.74) is -1.38. The van der Waals surface area contributed by atoms with Gasteiger partial charge in [0.25, 0.3) is 0 Å². The predicted molar refractivity (Wildman–Crippen MR) is 76.8 cm³/mol. The Kier molecular flexibility index (Phi) is 5.56. The number of carbonyl (C=O) groups excluding carboxylic acids is 1. The maximum atomic E-state index is 11.5. The lowest BCUT2D eigenvalue weighted by Gasteiger charge is -2.17. The molecule has 3 N–H and O–H groups in total. The molecular formula is C13H13Cl2NO4. The molecule has 0 aliphatic carbocycles. The first-order valence-electron chi connectivity index (χ1n) is 5.58. The molecule has 108 valence electrons. The van der Waals surface area contributed by atoms with Gasteiger partial charge in [0.2, 0.25) is 5.91 Å². The first-order chi connectivity index (χ1) is 9.20. The summed E-state index contributed by atoms with van der Waals surface area (Å²) in [5, 5.41) is 21.3. The number of aliphatic carboxylic acids is 1. The Morgan fingerprint density at radius 3 is 2.35 bits per heavy atom. The normalized spacial score (nSPS) is 14.0. The number of nitrogens with one attached hydrogen (secondary N) is 1. The van der Waals surface area contributed by atoms with E-state index in [4.69, 9.17) is 28.3 Å². The van der Waals surface area contributed by atoms with Crippen LogP contribution in [0, 0.1) is 0 Å². The van der Waals surface area contributed by atoms with Gasteiger partial charge in [-0.05, 0) is 36.8 Å². The molecule has 7 heteroatoms. The van der Waals surface area contributed by atoms with Crippen molar-refractivity contribution in [2.24, 2.45) is 0 Å².